The number of aliphatic carboxylic acids is 1. The Balaban J connectivity index is 2.68. The van der Waals surface area contributed by atoms with E-state index in [9.17, 15) is 9.59 Å². The summed E-state index contributed by atoms with van der Waals surface area (Å²) in [6, 6.07) is -0.217. The van der Waals surface area contributed by atoms with Crippen LogP contribution in [0.2, 0.25) is 0 Å². The molecule has 2 N–H and O–H groups in total. The predicted octanol–water partition coefficient (Wildman–Crippen LogP) is 2.38. The molecule has 0 aromatic rings. The molecule has 1 aliphatic rings. The summed E-state index contributed by atoms with van der Waals surface area (Å²) < 4.78 is 0. The molecule has 1 rings (SSSR count). The van der Waals surface area contributed by atoms with E-state index >= 15 is 0 Å². The molecule has 5 nitrogen and oxygen atoms in total. The van der Waals surface area contributed by atoms with E-state index < -0.39 is 11.5 Å². The zero-order valence-corrected chi connectivity index (χ0v) is 11.9. The largest absolute Gasteiger partial charge is 0.481 e. The second kappa shape index (κ2) is 6.59. The van der Waals surface area contributed by atoms with Gasteiger partial charge in [-0.05, 0) is 19.8 Å². The lowest BCUT2D eigenvalue weighted by Gasteiger charge is -2.38. The zero-order valence-electron chi connectivity index (χ0n) is 11.9. The van der Waals surface area contributed by atoms with Gasteiger partial charge in [0.05, 0.1) is 12.0 Å². The lowest BCUT2D eigenvalue weighted by atomic mass is 9.79. The van der Waals surface area contributed by atoms with E-state index in [1.165, 1.54) is 0 Å². The fraction of sp³-hybridized carbons (Fsp3) is 0.714. The van der Waals surface area contributed by atoms with Crippen LogP contribution in [-0.2, 0) is 4.79 Å². The van der Waals surface area contributed by atoms with E-state index in [0.717, 1.165) is 37.7 Å². The number of likely N-dealkylation sites (N-methyl/N-ethyl adjacent to an activating group) is 1. The maximum atomic E-state index is 12.1. The molecule has 0 radical (unpaired) electrons. The first-order valence-corrected chi connectivity index (χ1v) is 6.74. The van der Waals surface area contributed by atoms with Gasteiger partial charge in [-0.15, -0.1) is 0 Å². The first kappa shape index (κ1) is 15.5. The molecule has 0 aliphatic heterocycles. The summed E-state index contributed by atoms with van der Waals surface area (Å²) in [5.74, 6) is -0.857. The van der Waals surface area contributed by atoms with Crippen molar-refractivity contribution in [2.75, 3.05) is 13.6 Å². The molecule has 0 aromatic heterocycles. The Morgan fingerprint density at radius 3 is 2.37 bits per heavy atom. The number of amides is 2. The predicted molar refractivity (Wildman–Crippen MR) is 74.0 cm³/mol. The molecule has 108 valence electrons. The van der Waals surface area contributed by atoms with E-state index in [1.54, 1.807) is 11.9 Å². The molecule has 19 heavy (non-hydrogen) atoms. The minimum Gasteiger partial charge on any atom is -0.481 e. The van der Waals surface area contributed by atoms with E-state index in [1.807, 2.05) is 6.92 Å². The van der Waals surface area contributed by atoms with Crippen molar-refractivity contribution < 1.29 is 14.7 Å². The standard InChI is InChI=1S/C14H24N2O3/c1-11(2)10-16(3)13(19)15-14(9-12(17)18)7-5-4-6-8-14/h1,4-10H2,2-3H3,(H,15,19)(H,17,18). The van der Waals surface area contributed by atoms with Gasteiger partial charge in [-0.1, -0.05) is 31.4 Å². The molecular formula is C14H24N2O3. The number of hydrogen-bond acceptors (Lipinski definition) is 2. The van der Waals surface area contributed by atoms with Crippen molar-refractivity contribution in [1.82, 2.24) is 10.2 Å². The average molecular weight is 268 g/mol. The number of rotatable bonds is 5. The molecule has 5 heteroatoms. The minimum absolute atomic E-state index is 0.000346. The third-order valence-electron chi connectivity index (χ3n) is 3.53. The van der Waals surface area contributed by atoms with Crippen molar-refractivity contribution >= 4 is 12.0 Å². The Hall–Kier alpha value is -1.52. The van der Waals surface area contributed by atoms with Crippen LogP contribution in [0.25, 0.3) is 0 Å². The number of nitrogens with zero attached hydrogens (tertiary/aromatic N) is 1. The fourth-order valence-electron chi connectivity index (χ4n) is 2.66. The molecule has 1 saturated carbocycles. The summed E-state index contributed by atoms with van der Waals surface area (Å²) in [4.78, 5) is 24.7. The van der Waals surface area contributed by atoms with Crippen molar-refractivity contribution in [3.63, 3.8) is 0 Å². The third kappa shape index (κ3) is 4.93. The van der Waals surface area contributed by atoms with Gasteiger partial charge in [0.1, 0.15) is 0 Å². The normalized spacial score (nSPS) is 17.6. The molecule has 1 fully saturated rings. The van der Waals surface area contributed by atoms with E-state index in [4.69, 9.17) is 5.11 Å². The summed E-state index contributed by atoms with van der Waals surface area (Å²) in [6.45, 7) is 6.11. The van der Waals surface area contributed by atoms with Crippen LogP contribution in [0, 0.1) is 0 Å². The Kier molecular flexibility index (Phi) is 5.39. The number of nitrogens with one attached hydrogen (secondary N) is 1. The highest BCUT2D eigenvalue weighted by molar-refractivity contribution is 5.77. The van der Waals surface area contributed by atoms with Crippen LogP contribution in [0.3, 0.4) is 0 Å². The zero-order chi connectivity index (χ0) is 14.5. The lowest BCUT2D eigenvalue weighted by Crippen LogP contribution is -2.54. The second-order valence-electron chi connectivity index (χ2n) is 5.65. The van der Waals surface area contributed by atoms with Crippen LogP contribution in [0.5, 0.6) is 0 Å². The summed E-state index contributed by atoms with van der Waals surface area (Å²) in [6.07, 6.45) is 4.53. The molecule has 0 saturated heterocycles. The first-order valence-electron chi connectivity index (χ1n) is 6.74. The average Bonchev–Trinajstić information content (AvgIpc) is 2.27. The topological polar surface area (TPSA) is 69.6 Å². The van der Waals surface area contributed by atoms with Crippen molar-refractivity contribution in [2.45, 2.75) is 51.0 Å². The number of carbonyl (C=O) groups excluding carboxylic acids is 1. The van der Waals surface area contributed by atoms with Crippen LogP contribution in [-0.4, -0.2) is 41.1 Å². The highest BCUT2D eigenvalue weighted by Crippen LogP contribution is 2.31. The molecule has 0 heterocycles. The number of urea groups is 1. The van der Waals surface area contributed by atoms with E-state index in [0.29, 0.717) is 6.54 Å². The Labute approximate surface area is 114 Å². The lowest BCUT2D eigenvalue weighted by molar-refractivity contribution is -0.139. The second-order valence-corrected chi connectivity index (χ2v) is 5.65. The van der Waals surface area contributed by atoms with Gasteiger partial charge < -0.3 is 15.3 Å². The third-order valence-corrected chi connectivity index (χ3v) is 3.53. The van der Waals surface area contributed by atoms with Crippen molar-refractivity contribution in [3.05, 3.63) is 12.2 Å². The van der Waals surface area contributed by atoms with Gasteiger partial charge in [0.2, 0.25) is 0 Å². The monoisotopic (exact) mass is 268 g/mol. The van der Waals surface area contributed by atoms with Gasteiger partial charge in [-0.3, -0.25) is 4.79 Å². The molecular weight excluding hydrogens is 244 g/mol. The van der Waals surface area contributed by atoms with Crippen molar-refractivity contribution in [1.29, 1.82) is 0 Å². The smallest absolute Gasteiger partial charge is 0.317 e. The van der Waals surface area contributed by atoms with Gasteiger partial charge in [0.25, 0.3) is 0 Å². The quantitative estimate of drug-likeness (QED) is 0.752. The van der Waals surface area contributed by atoms with E-state index in [2.05, 4.69) is 11.9 Å². The summed E-state index contributed by atoms with van der Waals surface area (Å²) in [5, 5.41) is 12.0. The fourth-order valence-corrected chi connectivity index (χ4v) is 2.66. The molecule has 0 spiro atoms. The van der Waals surface area contributed by atoms with Crippen LogP contribution in [0.15, 0.2) is 12.2 Å². The van der Waals surface area contributed by atoms with Crippen LogP contribution < -0.4 is 5.32 Å². The first-order chi connectivity index (χ1) is 8.84. The maximum Gasteiger partial charge on any atom is 0.317 e. The highest BCUT2D eigenvalue weighted by Gasteiger charge is 2.36. The van der Waals surface area contributed by atoms with Crippen molar-refractivity contribution in [2.24, 2.45) is 0 Å². The van der Waals surface area contributed by atoms with E-state index in [-0.39, 0.29) is 12.5 Å². The molecule has 0 atom stereocenters. The number of hydrogen-bond donors (Lipinski definition) is 2. The van der Waals surface area contributed by atoms with Gasteiger partial charge in [0, 0.05) is 13.6 Å². The molecule has 0 aromatic carbocycles. The molecule has 1 aliphatic carbocycles. The minimum atomic E-state index is -0.857. The highest BCUT2D eigenvalue weighted by atomic mass is 16.4. The van der Waals surface area contributed by atoms with Gasteiger partial charge in [0.15, 0.2) is 0 Å². The van der Waals surface area contributed by atoms with Gasteiger partial charge in [-0.25, -0.2) is 4.79 Å². The molecule has 0 bridgehead atoms. The Morgan fingerprint density at radius 1 is 1.32 bits per heavy atom. The van der Waals surface area contributed by atoms with Gasteiger partial charge in [-0.2, -0.15) is 0 Å². The summed E-state index contributed by atoms with van der Waals surface area (Å²) in [7, 11) is 1.70. The molecule has 2 amide bonds. The Bertz CT molecular complexity index is 360. The SMILES string of the molecule is C=C(C)CN(C)C(=O)NC1(CC(=O)O)CCCCC1. The number of carbonyl (C=O) groups is 2. The van der Waals surface area contributed by atoms with Crippen LogP contribution in [0.4, 0.5) is 4.79 Å². The number of carboxylic acid groups (broad SMARTS) is 1. The number of carboxylic acids is 1. The van der Waals surface area contributed by atoms with Crippen LogP contribution >= 0.6 is 0 Å². The summed E-state index contributed by atoms with van der Waals surface area (Å²) in [5.41, 5.74) is 0.318. The summed E-state index contributed by atoms with van der Waals surface area (Å²) >= 11 is 0. The molecule has 0 unspecified atom stereocenters. The maximum absolute atomic E-state index is 12.1. The Morgan fingerprint density at radius 2 is 1.89 bits per heavy atom. The van der Waals surface area contributed by atoms with Crippen molar-refractivity contribution in [3.8, 4) is 0 Å². The van der Waals surface area contributed by atoms with Gasteiger partial charge >= 0.3 is 12.0 Å². The van der Waals surface area contributed by atoms with Crippen LogP contribution in [0.1, 0.15) is 45.4 Å².